The van der Waals surface area contributed by atoms with Crippen molar-refractivity contribution in [3.05, 3.63) is 48.0 Å². The van der Waals surface area contributed by atoms with Gasteiger partial charge < -0.3 is 9.47 Å². The van der Waals surface area contributed by atoms with Crippen LogP contribution in [0.2, 0.25) is 0 Å². The Balaban J connectivity index is 2.32. The molecule has 26 heavy (non-hydrogen) atoms. The smallest absolute Gasteiger partial charge is 0.463 e. The lowest BCUT2D eigenvalue weighted by molar-refractivity contribution is -0.274. The molecular weight excluding hydrogens is 380 g/mol. The first-order valence-electron chi connectivity index (χ1n) is 6.76. The summed E-state index contributed by atoms with van der Waals surface area (Å²) < 4.78 is 84.1. The van der Waals surface area contributed by atoms with Crippen molar-refractivity contribution in [1.29, 1.82) is 5.26 Å². The molecule has 11 heteroatoms. The maximum absolute atomic E-state index is 12.3. The quantitative estimate of drug-likeness (QED) is 0.762. The van der Waals surface area contributed by atoms with E-state index >= 15 is 0 Å². The number of nitriles is 1. The van der Waals surface area contributed by atoms with Crippen LogP contribution in [-0.2, 0) is 10.0 Å². The number of sulfonamides is 1. The van der Waals surface area contributed by atoms with Crippen molar-refractivity contribution in [2.75, 3.05) is 11.6 Å². The van der Waals surface area contributed by atoms with Gasteiger partial charge in [0.25, 0.3) is 10.0 Å². The summed E-state index contributed by atoms with van der Waals surface area (Å²) in [6.07, 6.45) is -5.03. The van der Waals surface area contributed by atoms with Gasteiger partial charge >= 0.3 is 6.36 Å². The summed E-state index contributed by atoms with van der Waals surface area (Å²) >= 11 is 0. The van der Waals surface area contributed by atoms with E-state index < -0.39 is 39.5 Å². The summed E-state index contributed by atoms with van der Waals surface area (Å²) in [5.41, 5.74) is -0.579. The number of rotatable bonds is 6. The molecule has 1 N–H and O–H groups in total. The molecule has 0 atom stereocenters. The molecule has 0 amide bonds. The van der Waals surface area contributed by atoms with Gasteiger partial charge in [-0.1, -0.05) is 6.07 Å². The lowest BCUT2D eigenvalue weighted by Crippen LogP contribution is -2.18. The fraction of sp³-hybridized carbons (Fsp3) is 0.133. The Kier molecular flexibility index (Phi) is 5.56. The zero-order valence-electron chi connectivity index (χ0n) is 12.7. The Bertz CT molecular complexity index is 939. The number of hydrogen-bond acceptors (Lipinski definition) is 5. The lowest BCUT2D eigenvalue weighted by Gasteiger charge is -2.12. The molecular formula is C15H10F4N2O4S. The molecule has 2 rings (SSSR count). The highest BCUT2D eigenvalue weighted by atomic mass is 32.2. The first-order chi connectivity index (χ1) is 12.1. The summed E-state index contributed by atoms with van der Waals surface area (Å²) in [5.74, 6) is -0.753. The number of halogens is 4. The third kappa shape index (κ3) is 5.00. The maximum Gasteiger partial charge on any atom is 0.573 e. The van der Waals surface area contributed by atoms with E-state index in [9.17, 15) is 26.0 Å². The first kappa shape index (κ1) is 19.3. The van der Waals surface area contributed by atoms with Gasteiger partial charge in [-0.05, 0) is 30.3 Å². The van der Waals surface area contributed by atoms with Crippen molar-refractivity contribution >= 4 is 15.7 Å². The number of nitrogens with zero attached hydrogens (tertiary/aromatic N) is 1. The number of benzene rings is 2. The highest BCUT2D eigenvalue weighted by Crippen LogP contribution is 2.29. The van der Waals surface area contributed by atoms with Crippen LogP contribution in [-0.4, -0.2) is 21.6 Å². The predicted octanol–water partition coefficient (Wildman–Crippen LogP) is 3.56. The average molecular weight is 390 g/mol. The highest BCUT2D eigenvalue weighted by molar-refractivity contribution is 7.92. The molecule has 0 fully saturated rings. The van der Waals surface area contributed by atoms with E-state index in [2.05, 4.69) is 14.2 Å². The minimum Gasteiger partial charge on any atom is -0.463 e. The second-order valence-electron chi connectivity index (χ2n) is 4.70. The summed E-state index contributed by atoms with van der Waals surface area (Å²) in [6, 6.07) is 9.13. The molecule has 0 saturated carbocycles. The molecule has 0 saturated heterocycles. The molecule has 0 aliphatic heterocycles. The van der Waals surface area contributed by atoms with Crippen molar-refractivity contribution in [2.24, 2.45) is 0 Å². The molecule has 138 valence electrons. The molecule has 2 aromatic carbocycles. The molecule has 2 aromatic rings. The number of ether oxygens (including phenoxy) is 2. The molecule has 0 unspecified atom stereocenters. The zero-order chi connectivity index (χ0) is 19.4. The van der Waals surface area contributed by atoms with E-state index in [-0.39, 0.29) is 11.4 Å². The molecule has 0 aromatic heterocycles. The largest absolute Gasteiger partial charge is 0.573 e. The molecule has 0 bridgehead atoms. The Labute approximate surface area is 145 Å². The van der Waals surface area contributed by atoms with Gasteiger partial charge in [0.15, 0.2) is 0 Å². The van der Waals surface area contributed by atoms with Crippen LogP contribution in [0, 0.1) is 11.3 Å². The molecule has 0 spiro atoms. The van der Waals surface area contributed by atoms with Crippen LogP contribution < -0.4 is 14.2 Å². The van der Waals surface area contributed by atoms with Crippen LogP contribution in [0.25, 0.3) is 0 Å². The monoisotopic (exact) mass is 390 g/mol. The molecule has 6 nitrogen and oxygen atoms in total. The fourth-order valence-electron chi connectivity index (χ4n) is 1.90. The third-order valence-corrected chi connectivity index (χ3v) is 4.29. The third-order valence-electron chi connectivity index (χ3n) is 2.91. The van der Waals surface area contributed by atoms with Crippen molar-refractivity contribution in [3.63, 3.8) is 0 Å². The van der Waals surface area contributed by atoms with Crippen molar-refractivity contribution in [3.8, 4) is 17.6 Å². The lowest BCUT2D eigenvalue weighted by atomic mass is 10.2. The Morgan fingerprint density at radius 2 is 1.88 bits per heavy atom. The molecule has 0 aliphatic rings. The number of hydrogen-bond donors (Lipinski definition) is 1. The van der Waals surface area contributed by atoms with Gasteiger partial charge in [0.1, 0.15) is 17.6 Å². The van der Waals surface area contributed by atoms with Gasteiger partial charge in [-0.3, -0.25) is 4.72 Å². The SMILES string of the molecule is N#Cc1cc(S(=O)(=O)Nc2cccc(OCF)c2)ccc1OC(F)(F)F. The zero-order valence-corrected chi connectivity index (χ0v) is 13.6. The Morgan fingerprint density at radius 3 is 2.50 bits per heavy atom. The van der Waals surface area contributed by atoms with Gasteiger partial charge in [0.2, 0.25) is 6.86 Å². The summed E-state index contributed by atoms with van der Waals surface area (Å²) in [5, 5.41) is 8.93. The summed E-state index contributed by atoms with van der Waals surface area (Å²) in [6.45, 7) is -1.11. The minimum absolute atomic E-state index is 0.0325. The van der Waals surface area contributed by atoms with E-state index in [1.54, 1.807) is 0 Å². The van der Waals surface area contributed by atoms with Gasteiger partial charge in [-0.25, -0.2) is 12.8 Å². The predicted molar refractivity (Wildman–Crippen MR) is 81.7 cm³/mol. The van der Waals surface area contributed by atoms with Crippen molar-refractivity contribution in [1.82, 2.24) is 0 Å². The normalized spacial score (nSPS) is 11.5. The van der Waals surface area contributed by atoms with Gasteiger partial charge in [-0.2, -0.15) is 5.26 Å². The molecule has 0 aliphatic carbocycles. The van der Waals surface area contributed by atoms with E-state index in [1.807, 2.05) is 0 Å². The van der Waals surface area contributed by atoms with Gasteiger partial charge in [0.05, 0.1) is 16.1 Å². The second kappa shape index (κ2) is 7.49. The van der Waals surface area contributed by atoms with E-state index in [4.69, 9.17) is 5.26 Å². The number of nitrogens with one attached hydrogen (secondary N) is 1. The first-order valence-corrected chi connectivity index (χ1v) is 8.24. The average Bonchev–Trinajstić information content (AvgIpc) is 2.54. The number of alkyl halides is 4. The molecule has 0 heterocycles. The van der Waals surface area contributed by atoms with E-state index in [0.717, 1.165) is 18.2 Å². The van der Waals surface area contributed by atoms with E-state index in [1.165, 1.54) is 30.3 Å². The van der Waals surface area contributed by atoms with Crippen LogP contribution in [0.5, 0.6) is 11.5 Å². The van der Waals surface area contributed by atoms with Crippen molar-refractivity contribution in [2.45, 2.75) is 11.3 Å². The summed E-state index contributed by atoms with van der Waals surface area (Å²) in [4.78, 5) is -0.458. The van der Waals surface area contributed by atoms with E-state index in [0.29, 0.717) is 0 Å². The molecule has 0 radical (unpaired) electrons. The Hall–Kier alpha value is -3.00. The minimum atomic E-state index is -5.03. The van der Waals surface area contributed by atoms with Crippen LogP contribution >= 0.6 is 0 Å². The van der Waals surface area contributed by atoms with Crippen molar-refractivity contribution < 1.29 is 35.5 Å². The maximum atomic E-state index is 12.3. The van der Waals surface area contributed by atoms with Crippen LogP contribution in [0.1, 0.15) is 5.56 Å². The van der Waals surface area contributed by atoms with Crippen LogP contribution in [0.4, 0.5) is 23.2 Å². The second-order valence-corrected chi connectivity index (χ2v) is 6.39. The van der Waals surface area contributed by atoms with Crippen LogP contribution in [0.15, 0.2) is 47.4 Å². The standard InChI is InChI=1S/C15H10F4N2O4S/c16-9-24-12-3-1-2-11(7-12)21-26(22,23)13-4-5-14(10(6-13)8-20)25-15(17,18)19/h1-7,21H,9H2. The van der Waals surface area contributed by atoms with Gasteiger partial charge in [0, 0.05) is 6.07 Å². The summed E-state index contributed by atoms with van der Waals surface area (Å²) in [7, 11) is -4.23. The topological polar surface area (TPSA) is 88.4 Å². The van der Waals surface area contributed by atoms with Gasteiger partial charge in [-0.15, -0.1) is 13.2 Å². The highest BCUT2D eigenvalue weighted by Gasteiger charge is 2.32. The van der Waals surface area contributed by atoms with Crippen LogP contribution in [0.3, 0.4) is 0 Å². The Morgan fingerprint density at radius 1 is 1.15 bits per heavy atom. The fourth-order valence-corrected chi connectivity index (χ4v) is 2.98. The number of anilines is 1.